The molecule has 0 aliphatic heterocycles. The molecule has 25 heavy (non-hydrogen) atoms. The standard InChI is InChI=1S/C14H16N3O7P/c1-4-22-25(21,23-5-2)13(9-15)16-24-14(18)11-7-6-10(3)12(8-11)17(19)20/h6-8H,4-5H2,1-3H3/b16-13+. The van der Waals surface area contributed by atoms with Gasteiger partial charge in [0.1, 0.15) is 6.07 Å². The topological polar surface area (TPSA) is 141 Å². The van der Waals surface area contributed by atoms with Gasteiger partial charge >= 0.3 is 13.6 Å². The van der Waals surface area contributed by atoms with Crippen molar-refractivity contribution in [1.82, 2.24) is 0 Å². The summed E-state index contributed by atoms with van der Waals surface area (Å²) in [7, 11) is -4.01. The van der Waals surface area contributed by atoms with Crippen molar-refractivity contribution in [1.29, 1.82) is 5.26 Å². The van der Waals surface area contributed by atoms with Crippen molar-refractivity contribution in [3.05, 3.63) is 39.4 Å². The number of benzene rings is 1. The van der Waals surface area contributed by atoms with E-state index < -0.39 is 23.9 Å². The smallest absolute Gasteiger partial charge is 0.311 e. The Morgan fingerprint density at radius 3 is 2.44 bits per heavy atom. The number of nitriles is 1. The van der Waals surface area contributed by atoms with E-state index in [9.17, 15) is 19.5 Å². The summed E-state index contributed by atoms with van der Waals surface area (Å²) >= 11 is 0. The van der Waals surface area contributed by atoms with Crippen molar-refractivity contribution >= 4 is 24.7 Å². The Balaban J connectivity index is 3.08. The van der Waals surface area contributed by atoms with Gasteiger partial charge in [-0.05, 0) is 26.8 Å². The van der Waals surface area contributed by atoms with E-state index >= 15 is 0 Å². The molecule has 0 radical (unpaired) electrons. The first-order chi connectivity index (χ1) is 11.8. The van der Waals surface area contributed by atoms with E-state index in [1.165, 1.54) is 39.0 Å². The molecule has 0 amide bonds. The maximum Gasteiger partial charge on any atom is 0.393 e. The highest BCUT2D eigenvalue weighted by atomic mass is 31.2. The maximum absolute atomic E-state index is 12.4. The second-order valence-corrected chi connectivity index (χ2v) is 6.43. The molecule has 10 nitrogen and oxygen atoms in total. The number of nitro groups is 1. The van der Waals surface area contributed by atoms with E-state index in [0.717, 1.165) is 6.07 Å². The SMILES string of the molecule is CCOP(=O)(OCC)/C(C#N)=N/OC(=O)c1ccc(C)c([N+](=O)[O-])c1. The first-order valence-corrected chi connectivity index (χ1v) is 8.67. The molecular formula is C14H16N3O7P. The number of carbonyl (C=O) groups is 1. The van der Waals surface area contributed by atoms with E-state index in [-0.39, 0.29) is 24.5 Å². The fourth-order valence-electron chi connectivity index (χ4n) is 1.70. The zero-order valence-electron chi connectivity index (χ0n) is 13.8. The first-order valence-electron chi connectivity index (χ1n) is 7.13. The molecule has 0 aromatic heterocycles. The zero-order chi connectivity index (χ0) is 19.0. The normalized spacial score (nSPS) is 11.7. The molecule has 1 rings (SSSR count). The second kappa shape index (κ2) is 9.03. The highest BCUT2D eigenvalue weighted by Crippen LogP contribution is 2.49. The van der Waals surface area contributed by atoms with Crippen LogP contribution in [-0.2, 0) is 18.5 Å². The molecule has 134 valence electrons. The largest absolute Gasteiger partial charge is 0.393 e. The monoisotopic (exact) mass is 369 g/mol. The summed E-state index contributed by atoms with van der Waals surface area (Å²) in [5.74, 6) is -1.06. The Morgan fingerprint density at radius 2 is 1.96 bits per heavy atom. The molecule has 11 heteroatoms. The predicted molar refractivity (Wildman–Crippen MR) is 87.2 cm³/mol. The van der Waals surface area contributed by atoms with Crippen LogP contribution in [0, 0.1) is 28.4 Å². The van der Waals surface area contributed by atoms with Crippen molar-refractivity contribution in [2.75, 3.05) is 13.2 Å². The maximum atomic E-state index is 12.4. The first kappa shape index (κ1) is 20.4. The third-order valence-electron chi connectivity index (χ3n) is 2.81. The van der Waals surface area contributed by atoms with Gasteiger partial charge in [-0.25, -0.2) is 4.79 Å². The van der Waals surface area contributed by atoms with Crippen LogP contribution >= 0.6 is 7.60 Å². The molecule has 1 aromatic rings. The Labute approximate surface area is 143 Å². The summed E-state index contributed by atoms with van der Waals surface area (Å²) in [6, 6.07) is 5.20. The molecule has 0 atom stereocenters. The van der Waals surface area contributed by atoms with E-state index in [0.29, 0.717) is 5.56 Å². The number of hydrogen-bond acceptors (Lipinski definition) is 9. The summed E-state index contributed by atoms with van der Waals surface area (Å²) in [5.41, 5.74) is -0.791. The van der Waals surface area contributed by atoms with E-state index in [4.69, 9.17) is 14.3 Å². The molecule has 0 heterocycles. The van der Waals surface area contributed by atoms with Crippen LogP contribution in [0.15, 0.2) is 23.4 Å². The van der Waals surface area contributed by atoms with Gasteiger partial charge in [0.05, 0.1) is 23.7 Å². The highest BCUT2D eigenvalue weighted by Gasteiger charge is 2.33. The van der Waals surface area contributed by atoms with Crippen LogP contribution in [-0.4, -0.2) is 29.6 Å². The predicted octanol–water partition coefficient (Wildman–Crippen LogP) is 3.16. The van der Waals surface area contributed by atoms with Gasteiger partial charge in [-0.1, -0.05) is 11.2 Å². The van der Waals surface area contributed by atoms with Gasteiger partial charge < -0.3 is 13.9 Å². The summed E-state index contributed by atoms with van der Waals surface area (Å²) in [5, 5.41) is 23.2. The van der Waals surface area contributed by atoms with Crippen molar-refractivity contribution in [3.8, 4) is 6.07 Å². The molecule has 0 saturated carbocycles. The molecule has 0 bridgehead atoms. The molecular weight excluding hydrogens is 353 g/mol. The number of hydrogen-bond donors (Lipinski definition) is 0. The summed E-state index contributed by atoms with van der Waals surface area (Å²) in [6.45, 7) is 4.56. The molecule has 0 N–H and O–H groups in total. The van der Waals surface area contributed by atoms with Crippen molar-refractivity contribution < 1.29 is 28.2 Å². The van der Waals surface area contributed by atoms with Gasteiger partial charge in [0.2, 0.25) is 0 Å². The van der Waals surface area contributed by atoms with Crippen molar-refractivity contribution in [2.45, 2.75) is 20.8 Å². The average molecular weight is 369 g/mol. The summed E-state index contributed by atoms with van der Waals surface area (Å²) in [4.78, 5) is 26.8. The van der Waals surface area contributed by atoms with Crippen LogP contribution in [0.3, 0.4) is 0 Å². The van der Waals surface area contributed by atoms with E-state index in [1.54, 1.807) is 0 Å². The van der Waals surface area contributed by atoms with E-state index in [1.807, 2.05) is 0 Å². The lowest BCUT2D eigenvalue weighted by molar-refractivity contribution is -0.385. The number of nitrogens with zero attached hydrogens (tertiary/aromatic N) is 3. The molecule has 0 aliphatic carbocycles. The van der Waals surface area contributed by atoms with Crippen molar-refractivity contribution in [2.24, 2.45) is 5.16 Å². The third kappa shape index (κ3) is 5.19. The molecule has 0 saturated heterocycles. The van der Waals surface area contributed by atoms with Gasteiger partial charge in [0.15, 0.2) is 0 Å². The third-order valence-corrected chi connectivity index (χ3v) is 4.71. The van der Waals surface area contributed by atoms with E-state index in [2.05, 4.69) is 9.99 Å². The highest BCUT2D eigenvalue weighted by molar-refractivity contribution is 7.73. The molecule has 1 aromatic carbocycles. The lowest BCUT2D eigenvalue weighted by Crippen LogP contribution is -2.09. The summed E-state index contributed by atoms with van der Waals surface area (Å²) < 4.78 is 22.3. The molecule has 0 aliphatic rings. The van der Waals surface area contributed by atoms with Gasteiger partial charge in [-0.3, -0.25) is 14.7 Å². The zero-order valence-corrected chi connectivity index (χ0v) is 14.7. The summed E-state index contributed by atoms with van der Waals surface area (Å²) in [6.07, 6.45) is 0. The number of rotatable bonds is 8. The van der Waals surface area contributed by atoms with Gasteiger partial charge in [-0.15, -0.1) is 0 Å². The molecule has 0 fully saturated rings. The van der Waals surface area contributed by atoms with Crippen LogP contribution in [0.25, 0.3) is 0 Å². The minimum atomic E-state index is -4.01. The van der Waals surface area contributed by atoms with Gasteiger partial charge in [-0.2, -0.15) is 5.26 Å². The van der Waals surface area contributed by atoms with Crippen LogP contribution in [0.1, 0.15) is 29.8 Å². The number of oxime groups is 1. The number of aryl methyl sites for hydroxylation is 1. The van der Waals surface area contributed by atoms with Crippen molar-refractivity contribution in [3.63, 3.8) is 0 Å². The quantitative estimate of drug-likeness (QED) is 0.224. The second-order valence-electron chi connectivity index (χ2n) is 4.50. The fourth-order valence-corrected chi connectivity index (χ4v) is 2.96. The lowest BCUT2D eigenvalue weighted by Gasteiger charge is -2.13. The number of nitro benzene ring substituents is 1. The minimum Gasteiger partial charge on any atom is -0.311 e. The van der Waals surface area contributed by atoms with Crippen LogP contribution in [0.5, 0.6) is 0 Å². The molecule has 0 unspecified atom stereocenters. The lowest BCUT2D eigenvalue weighted by atomic mass is 10.1. The molecule has 0 spiro atoms. The van der Waals surface area contributed by atoms with Crippen LogP contribution in [0.4, 0.5) is 5.69 Å². The fraction of sp³-hybridized carbons (Fsp3) is 0.357. The van der Waals surface area contributed by atoms with Gasteiger partial charge in [0.25, 0.3) is 11.1 Å². The average Bonchev–Trinajstić information content (AvgIpc) is 2.55. The Morgan fingerprint density at radius 1 is 1.36 bits per heavy atom. The Hall–Kier alpha value is -2.60. The minimum absolute atomic E-state index is 0.0178. The van der Waals surface area contributed by atoms with Crippen LogP contribution < -0.4 is 0 Å². The van der Waals surface area contributed by atoms with Gasteiger partial charge in [0, 0.05) is 11.6 Å². The Bertz CT molecular complexity index is 775. The number of carbonyl (C=O) groups excluding carboxylic acids is 1. The van der Waals surface area contributed by atoms with Crippen LogP contribution in [0.2, 0.25) is 0 Å². The Kier molecular flexibility index (Phi) is 7.39.